The van der Waals surface area contributed by atoms with Crippen molar-refractivity contribution in [2.45, 2.75) is 45.6 Å². The Morgan fingerprint density at radius 2 is 1.78 bits per heavy atom. The lowest BCUT2D eigenvalue weighted by atomic mass is 9.79. The van der Waals surface area contributed by atoms with Crippen LogP contribution in [0.4, 0.5) is 16.2 Å². The molecule has 6 nitrogen and oxygen atoms in total. The van der Waals surface area contributed by atoms with Crippen molar-refractivity contribution in [2.75, 3.05) is 16.8 Å². The van der Waals surface area contributed by atoms with E-state index >= 15 is 0 Å². The van der Waals surface area contributed by atoms with Crippen LogP contribution in [0.3, 0.4) is 0 Å². The number of urea groups is 1. The second-order valence-corrected chi connectivity index (χ2v) is 10.1. The first-order valence-electron chi connectivity index (χ1n) is 10.5. The number of benzene rings is 2. The van der Waals surface area contributed by atoms with E-state index in [1.54, 1.807) is 30.3 Å². The van der Waals surface area contributed by atoms with Gasteiger partial charge in [-0.2, -0.15) is 0 Å². The summed E-state index contributed by atoms with van der Waals surface area (Å²) in [5.74, 6) is -0.980. The Balaban J connectivity index is 1.77. The molecule has 0 aromatic heterocycles. The van der Waals surface area contributed by atoms with E-state index in [-0.39, 0.29) is 11.1 Å². The van der Waals surface area contributed by atoms with Gasteiger partial charge in [0, 0.05) is 22.7 Å². The molecule has 0 saturated carbocycles. The zero-order chi connectivity index (χ0) is 23.4. The number of anilines is 2. The van der Waals surface area contributed by atoms with Gasteiger partial charge in [-0.15, -0.1) is 0 Å². The predicted molar refractivity (Wildman–Crippen MR) is 130 cm³/mol. The summed E-state index contributed by atoms with van der Waals surface area (Å²) < 4.78 is 0.824. The molecule has 1 unspecified atom stereocenters. The van der Waals surface area contributed by atoms with Crippen molar-refractivity contribution in [2.24, 2.45) is 0 Å². The maximum Gasteiger partial charge on any atom is 0.335 e. The van der Waals surface area contributed by atoms with E-state index in [0.717, 1.165) is 26.9 Å². The third-order valence-electron chi connectivity index (χ3n) is 6.51. The Kier molecular flexibility index (Phi) is 5.49. The van der Waals surface area contributed by atoms with E-state index in [4.69, 9.17) is 0 Å². The number of amides is 4. The summed E-state index contributed by atoms with van der Waals surface area (Å²) in [5.41, 5.74) is 4.49. The van der Waals surface area contributed by atoms with Crippen LogP contribution in [0.25, 0.3) is 6.08 Å². The maximum atomic E-state index is 13.2. The van der Waals surface area contributed by atoms with Gasteiger partial charge in [-0.3, -0.25) is 14.9 Å². The minimum atomic E-state index is -0.751. The number of rotatable bonds is 2. The molecule has 2 aliphatic heterocycles. The highest BCUT2D eigenvalue weighted by molar-refractivity contribution is 9.10. The van der Waals surface area contributed by atoms with Crippen molar-refractivity contribution in [1.82, 2.24) is 5.32 Å². The fraction of sp³-hybridized carbons (Fsp3) is 0.320. The summed E-state index contributed by atoms with van der Waals surface area (Å²) in [6.07, 6.45) is 2.60. The molecule has 2 heterocycles. The van der Waals surface area contributed by atoms with Gasteiger partial charge in [0.1, 0.15) is 5.57 Å². The molecule has 2 aromatic carbocycles. The molecule has 0 spiro atoms. The van der Waals surface area contributed by atoms with Crippen LogP contribution in [0.2, 0.25) is 0 Å². The van der Waals surface area contributed by atoms with Gasteiger partial charge in [0.15, 0.2) is 0 Å². The Morgan fingerprint density at radius 1 is 1.12 bits per heavy atom. The second kappa shape index (κ2) is 7.89. The molecular weight excluding hydrogens is 470 g/mol. The summed E-state index contributed by atoms with van der Waals surface area (Å²) in [4.78, 5) is 41.5. The lowest BCUT2D eigenvalue weighted by Gasteiger charge is -2.45. The number of nitrogens with zero attached hydrogens (tertiary/aromatic N) is 2. The van der Waals surface area contributed by atoms with E-state index < -0.39 is 17.8 Å². The third kappa shape index (κ3) is 3.75. The minimum Gasteiger partial charge on any atom is -0.369 e. The van der Waals surface area contributed by atoms with Gasteiger partial charge in [-0.25, -0.2) is 9.69 Å². The number of barbiturate groups is 1. The molecule has 2 aliphatic rings. The van der Waals surface area contributed by atoms with Crippen LogP contribution < -0.4 is 15.1 Å². The first kappa shape index (κ1) is 22.3. The van der Waals surface area contributed by atoms with Gasteiger partial charge in [0.25, 0.3) is 11.8 Å². The molecule has 4 rings (SSSR count). The van der Waals surface area contributed by atoms with E-state index in [0.29, 0.717) is 11.6 Å². The van der Waals surface area contributed by atoms with Crippen molar-refractivity contribution >= 4 is 51.2 Å². The highest BCUT2D eigenvalue weighted by Gasteiger charge is 2.38. The van der Waals surface area contributed by atoms with Gasteiger partial charge in [-0.05, 0) is 92.3 Å². The molecule has 7 heteroatoms. The molecular formula is C25H26BrN3O3. The van der Waals surface area contributed by atoms with Crippen LogP contribution in [-0.4, -0.2) is 30.4 Å². The fourth-order valence-corrected chi connectivity index (χ4v) is 4.79. The summed E-state index contributed by atoms with van der Waals surface area (Å²) in [6.45, 7) is 8.63. The van der Waals surface area contributed by atoms with E-state index in [1.807, 2.05) is 6.92 Å². The number of hydrogen-bond donors (Lipinski definition) is 1. The van der Waals surface area contributed by atoms with E-state index in [1.165, 1.54) is 11.3 Å². The monoisotopic (exact) mass is 495 g/mol. The van der Waals surface area contributed by atoms with Gasteiger partial charge < -0.3 is 4.90 Å². The lowest BCUT2D eigenvalue weighted by Crippen LogP contribution is -2.54. The molecule has 166 valence electrons. The van der Waals surface area contributed by atoms with Gasteiger partial charge in [-0.1, -0.05) is 22.9 Å². The number of hydrogen-bond acceptors (Lipinski definition) is 4. The Hall–Kier alpha value is -2.93. The first-order chi connectivity index (χ1) is 15.0. The lowest BCUT2D eigenvalue weighted by molar-refractivity contribution is -0.122. The third-order valence-corrected chi connectivity index (χ3v) is 7.04. The number of nitrogens with one attached hydrogen (secondary N) is 1. The normalized spacial score (nSPS) is 21.6. The number of carbonyl (C=O) groups is 3. The Morgan fingerprint density at radius 3 is 2.44 bits per heavy atom. The maximum absolute atomic E-state index is 13.2. The molecule has 0 aliphatic carbocycles. The van der Waals surface area contributed by atoms with Crippen molar-refractivity contribution in [1.29, 1.82) is 0 Å². The number of halogens is 1. The van der Waals surface area contributed by atoms with Crippen LogP contribution in [0.1, 0.15) is 49.8 Å². The first-order valence-corrected chi connectivity index (χ1v) is 11.3. The van der Waals surface area contributed by atoms with Gasteiger partial charge in [0.2, 0.25) is 0 Å². The van der Waals surface area contributed by atoms with Crippen LogP contribution in [0.15, 0.2) is 46.4 Å². The Bertz CT molecular complexity index is 1170. The van der Waals surface area contributed by atoms with E-state index in [2.05, 4.69) is 66.1 Å². The van der Waals surface area contributed by atoms with Crippen LogP contribution >= 0.6 is 15.9 Å². The van der Waals surface area contributed by atoms with Crippen molar-refractivity contribution in [3.8, 4) is 0 Å². The zero-order valence-corrected chi connectivity index (χ0v) is 20.4. The molecule has 4 amide bonds. The molecule has 1 fully saturated rings. The summed E-state index contributed by atoms with van der Waals surface area (Å²) in [7, 11) is 2.10. The zero-order valence-electron chi connectivity index (χ0n) is 18.8. The molecule has 1 atom stereocenters. The Labute approximate surface area is 196 Å². The molecule has 0 bridgehead atoms. The number of aryl methyl sites for hydroxylation is 1. The SMILES string of the molecule is Cc1cc2c(cc1/C=C1/C(=O)NC(=O)N(c3ccc(Br)cc3)C1=O)C(C)CC(C)(C)N2C. The van der Waals surface area contributed by atoms with Gasteiger partial charge >= 0.3 is 6.03 Å². The fourth-order valence-electron chi connectivity index (χ4n) is 4.53. The highest BCUT2D eigenvalue weighted by atomic mass is 79.9. The largest absolute Gasteiger partial charge is 0.369 e. The molecule has 2 aromatic rings. The predicted octanol–water partition coefficient (Wildman–Crippen LogP) is 5.15. The summed E-state index contributed by atoms with van der Waals surface area (Å²) in [6, 6.07) is 10.2. The van der Waals surface area contributed by atoms with Crippen LogP contribution in [0, 0.1) is 6.92 Å². The number of fused-ring (bicyclic) bond motifs is 1. The topological polar surface area (TPSA) is 69.7 Å². The van der Waals surface area contributed by atoms with Crippen LogP contribution in [0.5, 0.6) is 0 Å². The minimum absolute atomic E-state index is 0.0452. The highest BCUT2D eigenvalue weighted by Crippen LogP contribution is 2.43. The van der Waals surface area contributed by atoms with Gasteiger partial charge in [0.05, 0.1) is 5.69 Å². The van der Waals surface area contributed by atoms with Crippen LogP contribution in [-0.2, 0) is 9.59 Å². The summed E-state index contributed by atoms with van der Waals surface area (Å²) in [5, 5.41) is 2.29. The molecule has 32 heavy (non-hydrogen) atoms. The average Bonchev–Trinajstić information content (AvgIpc) is 2.71. The summed E-state index contributed by atoms with van der Waals surface area (Å²) >= 11 is 3.35. The molecule has 0 radical (unpaired) electrons. The van der Waals surface area contributed by atoms with E-state index in [9.17, 15) is 14.4 Å². The smallest absolute Gasteiger partial charge is 0.335 e. The second-order valence-electron chi connectivity index (χ2n) is 9.18. The molecule has 1 N–H and O–H groups in total. The molecule has 1 saturated heterocycles. The standard InChI is InChI=1S/C25H26BrN3O3/c1-14-10-21-19(15(2)13-25(3,4)28(21)5)11-16(14)12-20-22(30)27-24(32)29(23(20)31)18-8-6-17(26)7-9-18/h6-12,15H,13H2,1-5H3,(H,27,30,32)/b20-12-. The average molecular weight is 496 g/mol. The quantitative estimate of drug-likeness (QED) is 0.462. The van der Waals surface area contributed by atoms with Crippen molar-refractivity contribution < 1.29 is 14.4 Å². The number of carbonyl (C=O) groups excluding carboxylic acids is 3. The van der Waals surface area contributed by atoms with Crippen molar-refractivity contribution in [3.63, 3.8) is 0 Å². The van der Waals surface area contributed by atoms with Crippen molar-refractivity contribution in [3.05, 3.63) is 63.1 Å². The number of imide groups is 2.